The molecule has 1 rings (SSSR count). The highest BCUT2D eigenvalue weighted by Gasteiger charge is 2.17. The van der Waals surface area contributed by atoms with E-state index in [1.54, 1.807) is 0 Å². The molecule has 0 fully saturated rings. The smallest absolute Gasteiger partial charge is 0.373 e. The fourth-order valence-corrected chi connectivity index (χ4v) is 1.10. The van der Waals surface area contributed by atoms with E-state index < -0.39 is 11.9 Å². The van der Waals surface area contributed by atoms with Gasteiger partial charge in [-0.2, -0.15) is 0 Å². The lowest BCUT2D eigenvalue weighted by molar-refractivity contribution is -0.140. The number of aromatic carboxylic acids is 1. The zero-order valence-corrected chi connectivity index (χ0v) is 8.00. The van der Waals surface area contributed by atoms with Crippen LogP contribution in [-0.2, 0) is 16.0 Å². The normalized spacial score (nSPS) is 9.86. The summed E-state index contributed by atoms with van der Waals surface area (Å²) >= 11 is 5.54. The third kappa shape index (κ3) is 2.26. The fraction of sp³-hybridized carbons (Fsp3) is 0.250. The van der Waals surface area contributed by atoms with Crippen LogP contribution in [0.25, 0.3) is 0 Å². The molecule has 0 unspecified atom stereocenters. The van der Waals surface area contributed by atoms with Gasteiger partial charge in [0.15, 0.2) is 0 Å². The van der Waals surface area contributed by atoms with Crippen LogP contribution in [0.1, 0.15) is 16.3 Å². The second kappa shape index (κ2) is 4.15. The molecule has 0 saturated heterocycles. The summed E-state index contributed by atoms with van der Waals surface area (Å²) in [5.74, 6) is -2.00. The minimum absolute atomic E-state index is 0.0311. The largest absolute Gasteiger partial charge is 0.475 e. The summed E-state index contributed by atoms with van der Waals surface area (Å²) in [7, 11) is 1.23. The van der Waals surface area contributed by atoms with Gasteiger partial charge in [-0.1, -0.05) is 11.6 Å². The Bertz CT molecular complexity index is 368. The molecule has 1 N–H and O–H groups in total. The van der Waals surface area contributed by atoms with Crippen LogP contribution in [0.2, 0.25) is 5.02 Å². The van der Waals surface area contributed by atoms with Crippen molar-refractivity contribution in [3.63, 3.8) is 0 Å². The third-order valence-electron chi connectivity index (χ3n) is 1.48. The molecule has 0 aliphatic heterocycles. The Kier molecular flexibility index (Phi) is 3.14. The van der Waals surface area contributed by atoms with E-state index in [0.29, 0.717) is 0 Å². The van der Waals surface area contributed by atoms with E-state index in [9.17, 15) is 9.59 Å². The molecule has 0 amide bonds. The zero-order chi connectivity index (χ0) is 10.7. The molecule has 1 aromatic rings. The standard InChI is InChI=1S/C8H7ClO5/c1-13-6(10)3-4-2-5(9)7(14-4)8(11)12/h2H,3H2,1H3,(H,11,12). The van der Waals surface area contributed by atoms with Crippen molar-refractivity contribution in [1.29, 1.82) is 0 Å². The average Bonchev–Trinajstić information content (AvgIpc) is 2.46. The van der Waals surface area contributed by atoms with Crippen molar-refractivity contribution in [1.82, 2.24) is 0 Å². The van der Waals surface area contributed by atoms with Crippen LogP contribution >= 0.6 is 11.6 Å². The lowest BCUT2D eigenvalue weighted by Crippen LogP contribution is -2.03. The highest BCUT2D eigenvalue weighted by atomic mass is 35.5. The Hall–Kier alpha value is -1.49. The molecule has 1 heterocycles. The van der Waals surface area contributed by atoms with E-state index in [-0.39, 0.29) is 23.0 Å². The highest BCUT2D eigenvalue weighted by molar-refractivity contribution is 6.33. The van der Waals surface area contributed by atoms with Crippen LogP contribution in [-0.4, -0.2) is 24.2 Å². The number of furan rings is 1. The Morgan fingerprint density at radius 3 is 2.71 bits per heavy atom. The van der Waals surface area contributed by atoms with Crippen LogP contribution in [0.15, 0.2) is 10.5 Å². The van der Waals surface area contributed by atoms with Crippen LogP contribution in [0.5, 0.6) is 0 Å². The number of methoxy groups -OCH3 is 1. The number of halogens is 1. The van der Waals surface area contributed by atoms with Gasteiger partial charge >= 0.3 is 11.9 Å². The average molecular weight is 219 g/mol. The van der Waals surface area contributed by atoms with E-state index >= 15 is 0 Å². The number of rotatable bonds is 3. The Labute approximate surface area is 84.2 Å². The second-order valence-electron chi connectivity index (χ2n) is 2.45. The lowest BCUT2D eigenvalue weighted by Gasteiger charge is -1.93. The van der Waals surface area contributed by atoms with E-state index in [2.05, 4.69) is 4.74 Å². The molecule has 0 aliphatic carbocycles. The number of carbonyl (C=O) groups excluding carboxylic acids is 1. The molecule has 0 spiro atoms. The number of hydrogen-bond donors (Lipinski definition) is 1. The molecule has 0 radical (unpaired) electrons. The molecule has 14 heavy (non-hydrogen) atoms. The quantitative estimate of drug-likeness (QED) is 0.775. The SMILES string of the molecule is COC(=O)Cc1cc(Cl)c(C(=O)O)o1. The van der Waals surface area contributed by atoms with Crippen LogP contribution in [0.3, 0.4) is 0 Å². The summed E-state index contributed by atoms with van der Waals surface area (Å²) < 4.78 is 9.19. The maximum absolute atomic E-state index is 10.8. The van der Waals surface area contributed by atoms with Gasteiger partial charge in [-0.05, 0) is 6.07 Å². The first kappa shape index (κ1) is 10.6. The fourth-order valence-electron chi connectivity index (χ4n) is 0.864. The van der Waals surface area contributed by atoms with Gasteiger partial charge in [-0.3, -0.25) is 4.79 Å². The summed E-state index contributed by atoms with van der Waals surface area (Å²) in [6.07, 6.45) is -0.135. The van der Waals surface area contributed by atoms with Crippen molar-refractivity contribution in [2.75, 3.05) is 7.11 Å². The Balaban J connectivity index is 2.86. The van der Waals surface area contributed by atoms with Gasteiger partial charge in [0.05, 0.1) is 12.1 Å². The van der Waals surface area contributed by atoms with E-state index in [1.807, 2.05) is 0 Å². The van der Waals surface area contributed by atoms with E-state index in [0.717, 1.165) is 0 Å². The monoisotopic (exact) mass is 218 g/mol. The molecule has 0 atom stereocenters. The molecule has 5 nitrogen and oxygen atoms in total. The first-order chi connectivity index (χ1) is 6.54. The molecule has 0 aliphatic rings. The summed E-state index contributed by atoms with van der Waals surface area (Å²) in [4.78, 5) is 21.3. The molecular weight excluding hydrogens is 212 g/mol. The molecule has 0 bridgehead atoms. The van der Waals surface area contributed by atoms with E-state index in [4.69, 9.17) is 21.1 Å². The number of carboxylic acids is 1. The minimum atomic E-state index is -1.27. The van der Waals surface area contributed by atoms with Crippen molar-refractivity contribution in [3.05, 3.63) is 22.6 Å². The molecule has 76 valence electrons. The van der Waals surface area contributed by atoms with Crippen molar-refractivity contribution < 1.29 is 23.8 Å². The van der Waals surface area contributed by atoms with Gasteiger partial charge in [-0.25, -0.2) is 4.79 Å². The first-order valence-corrected chi connectivity index (χ1v) is 4.00. The first-order valence-electron chi connectivity index (χ1n) is 3.63. The number of ether oxygens (including phenoxy) is 1. The molecular formula is C8H7ClO5. The number of carboxylic acid groups (broad SMARTS) is 1. The number of carbonyl (C=O) groups is 2. The minimum Gasteiger partial charge on any atom is -0.475 e. The van der Waals surface area contributed by atoms with Crippen molar-refractivity contribution >= 4 is 23.5 Å². The second-order valence-corrected chi connectivity index (χ2v) is 2.86. The summed E-state index contributed by atoms with van der Waals surface area (Å²) in [5.41, 5.74) is 0. The van der Waals surface area contributed by atoms with Crippen LogP contribution in [0.4, 0.5) is 0 Å². The van der Waals surface area contributed by atoms with E-state index in [1.165, 1.54) is 13.2 Å². The van der Waals surface area contributed by atoms with Gasteiger partial charge in [0.1, 0.15) is 12.2 Å². The number of hydrogen-bond acceptors (Lipinski definition) is 4. The van der Waals surface area contributed by atoms with Crippen LogP contribution < -0.4 is 0 Å². The van der Waals surface area contributed by atoms with Gasteiger partial charge in [0.2, 0.25) is 5.76 Å². The molecule has 1 aromatic heterocycles. The van der Waals surface area contributed by atoms with Crippen LogP contribution in [0, 0.1) is 0 Å². The van der Waals surface area contributed by atoms with Gasteiger partial charge in [-0.15, -0.1) is 0 Å². The summed E-state index contributed by atoms with van der Waals surface area (Å²) in [5, 5.41) is 8.54. The molecule has 6 heteroatoms. The highest BCUT2D eigenvalue weighted by Crippen LogP contribution is 2.21. The predicted octanol–water partition coefficient (Wildman–Crippen LogP) is 1.35. The summed E-state index contributed by atoms with van der Waals surface area (Å²) in [6, 6.07) is 1.28. The lowest BCUT2D eigenvalue weighted by atomic mass is 10.3. The Morgan fingerprint density at radius 1 is 1.64 bits per heavy atom. The van der Waals surface area contributed by atoms with Crippen molar-refractivity contribution in [2.45, 2.75) is 6.42 Å². The topological polar surface area (TPSA) is 76.7 Å². The maximum Gasteiger partial charge on any atom is 0.373 e. The van der Waals surface area contributed by atoms with Gasteiger partial charge in [0.25, 0.3) is 0 Å². The zero-order valence-electron chi connectivity index (χ0n) is 7.24. The van der Waals surface area contributed by atoms with Crippen molar-refractivity contribution in [3.8, 4) is 0 Å². The van der Waals surface area contributed by atoms with Gasteiger partial charge in [0, 0.05) is 0 Å². The molecule has 0 saturated carbocycles. The predicted molar refractivity (Wildman–Crippen MR) is 46.4 cm³/mol. The molecule has 0 aromatic carbocycles. The number of esters is 1. The van der Waals surface area contributed by atoms with Gasteiger partial charge < -0.3 is 14.3 Å². The third-order valence-corrected chi connectivity index (χ3v) is 1.76. The summed E-state index contributed by atoms with van der Waals surface area (Å²) in [6.45, 7) is 0. The maximum atomic E-state index is 10.8. The Morgan fingerprint density at radius 2 is 2.29 bits per heavy atom. The van der Waals surface area contributed by atoms with Crippen molar-refractivity contribution in [2.24, 2.45) is 0 Å².